The third-order valence-electron chi connectivity index (χ3n) is 2.42. The summed E-state index contributed by atoms with van der Waals surface area (Å²) in [7, 11) is 1.37. The predicted octanol–water partition coefficient (Wildman–Crippen LogP) is 1.18. The van der Waals surface area contributed by atoms with Crippen LogP contribution in [0.3, 0.4) is 0 Å². The molecule has 0 amide bonds. The molecule has 0 aliphatic heterocycles. The van der Waals surface area contributed by atoms with Crippen molar-refractivity contribution in [3.63, 3.8) is 0 Å². The molecular formula is C13H14N4O3. The highest BCUT2D eigenvalue weighted by Crippen LogP contribution is 2.08. The first kappa shape index (κ1) is 13.7. The van der Waals surface area contributed by atoms with Crippen molar-refractivity contribution in [1.29, 1.82) is 0 Å². The van der Waals surface area contributed by atoms with Gasteiger partial charge in [-0.25, -0.2) is 9.48 Å². The van der Waals surface area contributed by atoms with Crippen molar-refractivity contribution in [3.05, 3.63) is 42.5 Å². The maximum absolute atomic E-state index is 11.8. The van der Waals surface area contributed by atoms with Crippen LogP contribution in [-0.4, -0.2) is 40.2 Å². The van der Waals surface area contributed by atoms with Crippen LogP contribution < -0.4 is 0 Å². The van der Waals surface area contributed by atoms with Crippen LogP contribution in [0.2, 0.25) is 0 Å². The maximum atomic E-state index is 11.8. The topological polar surface area (TPSA) is 78.6 Å². The van der Waals surface area contributed by atoms with Crippen LogP contribution >= 0.6 is 0 Å². The Hall–Kier alpha value is -2.70. The van der Waals surface area contributed by atoms with E-state index in [-0.39, 0.29) is 12.3 Å². The second kappa shape index (κ2) is 6.46. The number of pyridine rings is 1. The minimum atomic E-state index is -0.555. The molecule has 0 aliphatic carbocycles. The first-order valence-electron chi connectivity index (χ1n) is 6.00. The van der Waals surface area contributed by atoms with Crippen LogP contribution in [0.15, 0.2) is 42.1 Å². The van der Waals surface area contributed by atoms with Crippen LogP contribution in [0, 0.1) is 0 Å². The average Bonchev–Trinajstić information content (AvgIpc) is 2.95. The van der Waals surface area contributed by atoms with Crippen molar-refractivity contribution in [3.8, 4) is 5.69 Å². The number of hydrogen-bond acceptors (Lipinski definition) is 6. The standard InChI is InChI=1S/C13H14N4O3/c1-3-20-13(18)12(16-19-2)10-7-15-17(9-10)11-5-4-6-14-8-11/h4-9H,3H2,1-2H3/b16-12+. The Labute approximate surface area is 115 Å². The molecule has 0 bridgehead atoms. The second-order valence-corrected chi connectivity index (χ2v) is 3.73. The van der Waals surface area contributed by atoms with Gasteiger partial charge in [-0.1, -0.05) is 5.16 Å². The summed E-state index contributed by atoms with van der Waals surface area (Å²) in [6.45, 7) is 1.99. The molecule has 20 heavy (non-hydrogen) atoms. The molecule has 0 N–H and O–H groups in total. The van der Waals surface area contributed by atoms with Gasteiger partial charge < -0.3 is 9.57 Å². The van der Waals surface area contributed by atoms with Crippen molar-refractivity contribution in [2.24, 2.45) is 5.16 Å². The molecule has 0 saturated carbocycles. The molecule has 0 aromatic carbocycles. The van der Waals surface area contributed by atoms with Crippen LogP contribution in [0.5, 0.6) is 0 Å². The molecule has 2 heterocycles. The summed E-state index contributed by atoms with van der Waals surface area (Å²) in [5.41, 5.74) is 1.36. The Morgan fingerprint density at radius 3 is 2.95 bits per heavy atom. The van der Waals surface area contributed by atoms with E-state index >= 15 is 0 Å². The van der Waals surface area contributed by atoms with Crippen LogP contribution in [-0.2, 0) is 14.4 Å². The van der Waals surface area contributed by atoms with Gasteiger partial charge >= 0.3 is 5.97 Å². The van der Waals surface area contributed by atoms with E-state index < -0.39 is 5.97 Å². The molecule has 0 atom stereocenters. The number of ether oxygens (including phenoxy) is 1. The van der Waals surface area contributed by atoms with Crippen molar-refractivity contribution >= 4 is 11.7 Å². The fourth-order valence-electron chi connectivity index (χ4n) is 1.57. The highest BCUT2D eigenvalue weighted by atomic mass is 16.6. The monoisotopic (exact) mass is 274 g/mol. The molecule has 0 aliphatic rings. The lowest BCUT2D eigenvalue weighted by Gasteiger charge is -2.02. The molecule has 0 saturated heterocycles. The lowest BCUT2D eigenvalue weighted by atomic mass is 10.2. The Morgan fingerprint density at radius 1 is 1.45 bits per heavy atom. The van der Waals surface area contributed by atoms with Gasteiger partial charge in [0, 0.05) is 18.0 Å². The van der Waals surface area contributed by atoms with E-state index in [2.05, 4.69) is 20.1 Å². The zero-order chi connectivity index (χ0) is 14.4. The van der Waals surface area contributed by atoms with E-state index in [4.69, 9.17) is 4.74 Å². The van der Waals surface area contributed by atoms with Gasteiger partial charge in [0.25, 0.3) is 0 Å². The quantitative estimate of drug-likeness (QED) is 0.465. The normalized spacial score (nSPS) is 11.2. The Morgan fingerprint density at radius 2 is 2.30 bits per heavy atom. The molecule has 0 unspecified atom stereocenters. The zero-order valence-electron chi connectivity index (χ0n) is 11.2. The van der Waals surface area contributed by atoms with Crippen molar-refractivity contribution in [2.45, 2.75) is 6.92 Å². The van der Waals surface area contributed by atoms with Crippen molar-refractivity contribution in [1.82, 2.24) is 14.8 Å². The van der Waals surface area contributed by atoms with Gasteiger partial charge in [0.15, 0.2) is 5.71 Å². The van der Waals surface area contributed by atoms with Gasteiger partial charge in [-0.2, -0.15) is 5.10 Å². The fraction of sp³-hybridized carbons (Fsp3) is 0.231. The number of carbonyl (C=O) groups is 1. The average molecular weight is 274 g/mol. The maximum Gasteiger partial charge on any atom is 0.361 e. The van der Waals surface area contributed by atoms with Gasteiger partial charge in [-0.15, -0.1) is 0 Å². The lowest BCUT2D eigenvalue weighted by Crippen LogP contribution is -2.18. The third-order valence-corrected chi connectivity index (χ3v) is 2.42. The zero-order valence-corrected chi connectivity index (χ0v) is 11.2. The number of nitrogens with zero attached hydrogens (tertiary/aromatic N) is 4. The molecule has 104 valence electrons. The molecule has 7 heteroatoms. The van der Waals surface area contributed by atoms with Gasteiger partial charge in [-0.3, -0.25) is 4.98 Å². The number of hydrogen-bond donors (Lipinski definition) is 0. The lowest BCUT2D eigenvalue weighted by molar-refractivity contribution is -0.135. The molecule has 2 aromatic heterocycles. The Bertz CT molecular complexity index is 607. The molecule has 7 nitrogen and oxygen atoms in total. The van der Waals surface area contributed by atoms with Crippen LogP contribution in [0.25, 0.3) is 5.69 Å². The number of oxime groups is 1. The predicted molar refractivity (Wildman–Crippen MR) is 71.5 cm³/mol. The Balaban J connectivity index is 2.30. The molecule has 0 spiro atoms. The number of rotatable bonds is 5. The van der Waals surface area contributed by atoms with Crippen LogP contribution in [0.4, 0.5) is 0 Å². The van der Waals surface area contributed by atoms with Gasteiger partial charge in [0.2, 0.25) is 0 Å². The van der Waals surface area contributed by atoms with Gasteiger partial charge in [0.05, 0.1) is 24.7 Å². The first-order valence-corrected chi connectivity index (χ1v) is 6.00. The minimum absolute atomic E-state index is 0.0736. The summed E-state index contributed by atoms with van der Waals surface area (Å²) in [6, 6.07) is 3.65. The van der Waals surface area contributed by atoms with Crippen molar-refractivity contribution < 1.29 is 14.4 Å². The molecule has 0 radical (unpaired) electrons. The van der Waals surface area contributed by atoms with E-state index in [0.717, 1.165) is 5.69 Å². The van der Waals surface area contributed by atoms with Gasteiger partial charge in [-0.05, 0) is 19.1 Å². The van der Waals surface area contributed by atoms with E-state index in [9.17, 15) is 4.79 Å². The number of aromatic nitrogens is 3. The van der Waals surface area contributed by atoms with Crippen LogP contribution in [0.1, 0.15) is 12.5 Å². The minimum Gasteiger partial charge on any atom is -0.461 e. The van der Waals surface area contributed by atoms with E-state index in [1.165, 1.54) is 13.3 Å². The highest BCUT2D eigenvalue weighted by Gasteiger charge is 2.18. The first-order chi connectivity index (χ1) is 9.76. The van der Waals surface area contributed by atoms with Crippen molar-refractivity contribution in [2.75, 3.05) is 13.7 Å². The summed E-state index contributed by atoms with van der Waals surface area (Å²) < 4.78 is 6.52. The van der Waals surface area contributed by atoms with E-state index in [1.807, 2.05) is 6.07 Å². The van der Waals surface area contributed by atoms with E-state index in [1.54, 1.807) is 36.3 Å². The fourth-order valence-corrected chi connectivity index (χ4v) is 1.57. The van der Waals surface area contributed by atoms with E-state index in [0.29, 0.717) is 5.56 Å². The molecule has 2 rings (SSSR count). The molecule has 2 aromatic rings. The van der Waals surface area contributed by atoms with Gasteiger partial charge in [0.1, 0.15) is 7.11 Å². The number of esters is 1. The summed E-state index contributed by atoms with van der Waals surface area (Å²) in [5.74, 6) is -0.555. The third kappa shape index (κ3) is 3.00. The smallest absolute Gasteiger partial charge is 0.361 e. The summed E-state index contributed by atoms with van der Waals surface area (Å²) in [4.78, 5) is 20.5. The Kier molecular flexibility index (Phi) is 4.43. The summed E-state index contributed by atoms with van der Waals surface area (Å²) >= 11 is 0. The number of carbonyl (C=O) groups excluding carboxylic acids is 1. The highest BCUT2D eigenvalue weighted by molar-refractivity contribution is 6.43. The molecular weight excluding hydrogens is 260 g/mol. The summed E-state index contributed by atoms with van der Waals surface area (Å²) in [5, 5.41) is 7.86. The largest absolute Gasteiger partial charge is 0.461 e. The molecule has 0 fully saturated rings. The summed E-state index contributed by atoms with van der Waals surface area (Å²) in [6.07, 6.45) is 6.51. The second-order valence-electron chi connectivity index (χ2n) is 3.73. The SMILES string of the molecule is CCOC(=O)/C(=N/OC)c1cnn(-c2cccnc2)c1.